The van der Waals surface area contributed by atoms with Crippen LogP contribution >= 0.6 is 0 Å². The molecule has 0 aliphatic carbocycles. The van der Waals surface area contributed by atoms with Crippen LogP contribution in [0, 0.1) is 0 Å². The van der Waals surface area contributed by atoms with Gasteiger partial charge in [0.1, 0.15) is 5.75 Å². The molecular formula is C20H33N3O2. The number of ether oxygens (including phenoxy) is 2. The lowest BCUT2D eigenvalue weighted by atomic mass is 10.0. The number of methoxy groups -OCH3 is 1. The normalized spacial score (nSPS) is 23.2. The lowest BCUT2D eigenvalue weighted by Gasteiger charge is -2.43. The molecule has 5 nitrogen and oxygen atoms in total. The van der Waals surface area contributed by atoms with E-state index in [1.807, 2.05) is 6.07 Å². The molecule has 2 fully saturated rings. The Balaban J connectivity index is 1.49. The van der Waals surface area contributed by atoms with Crippen LogP contribution in [0.1, 0.15) is 19.3 Å². The SMILES string of the molecule is COc1cccc(N2CCC(N3CCOC(CCN(C)C)C3)CC2)c1. The van der Waals surface area contributed by atoms with E-state index in [9.17, 15) is 0 Å². The van der Waals surface area contributed by atoms with Gasteiger partial charge in [-0.3, -0.25) is 4.90 Å². The Morgan fingerprint density at radius 3 is 2.72 bits per heavy atom. The molecule has 2 aliphatic rings. The lowest BCUT2D eigenvalue weighted by molar-refractivity contribution is -0.0513. The zero-order valence-electron chi connectivity index (χ0n) is 16.0. The van der Waals surface area contributed by atoms with E-state index in [1.165, 1.54) is 18.5 Å². The molecule has 1 aromatic rings. The first kappa shape index (κ1) is 18.5. The molecule has 1 unspecified atom stereocenters. The van der Waals surface area contributed by atoms with Crippen molar-refractivity contribution in [1.82, 2.24) is 9.80 Å². The predicted molar refractivity (Wildman–Crippen MR) is 103 cm³/mol. The molecule has 140 valence electrons. The Morgan fingerprint density at radius 1 is 1.20 bits per heavy atom. The van der Waals surface area contributed by atoms with Crippen LogP contribution in [-0.2, 0) is 4.74 Å². The molecule has 0 aromatic heterocycles. The van der Waals surface area contributed by atoms with E-state index in [2.05, 4.69) is 47.0 Å². The largest absolute Gasteiger partial charge is 0.497 e. The predicted octanol–water partition coefficient (Wildman–Crippen LogP) is 2.32. The summed E-state index contributed by atoms with van der Waals surface area (Å²) in [6.45, 7) is 6.41. The maximum Gasteiger partial charge on any atom is 0.120 e. The van der Waals surface area contributed by atoms with Crippen LogP contribution in [-0.4, -0.2) is 82.5 Å². The molecule has 0 saturated carbocycles. The minimum Gasteiger partial charge on any atom is -0.497 e. The van der Waals surface area contributed by atoms with Crippen molar-refractivity contribution in [2.24, 2.45) is 0 Å². The number of benzene rings is 1. The summed E-state index contributed by atoms with van der Waals surface area (Å²) in [6.07, 6.45) is 3.99. The number of rotatable bonds is 6. The highest BCUT2D eigenvalue weighted by Crippen LogP contribution is 2.26. The summed E-state index contributed by atoms with van der Waals surface area (Å²) < 4.78 is 11.3. The van der Waals surface area contributed by atoms with Crippen molar-refractivity contribution in [3.05, 3.63) is 24.3 Å². The van der Waals surface area contributed by atoms with Crippen LogP contribution in [0.15, 0.2) is 24.3 Å². The zero-order chi connectivity index (χ0) is 17.6. The molecular weight excluding hydrogens is 314 g/mol. The minimum absolute atomic E-state index is 0.396. The number of nitrogens with zero attached hydrogens (tertiary/aromatic N) is 3. The molecule has 25 heavy (non-hydrogen) atoms. The molecule has 0 N–H and O–H groups in total. The van der Waals surface area contributed by atoms with E-state index in [-0.39, 0.29) is 0 Å². The van der Waals surface area contributed by atoms with Gasteiger partial charge < -0.3 is 19.3 Å². The third-order valence-corrected chi connectivity index (χ3v) is 5.47. The molecule has 3 rings (SSSR count). The number of morpholine rings is 1. The second-order valence-corrected chi connectivity index (χ2v) is 7.50. The Hall–Kier alpha value is -1.30. The van der Waals surface area contributed by atoms with Gasteiger partial charge in [-0.05, 0) is 45.5 Å². The zero-order valence-corrected chi connectivity index (χ0v) is 16.0. The summed E-state index contributed by atoms with van der Waals surface area (Å²) in [5.74, 6) is 0.941. The van der Waals surface area contributed by atoms with Crippen molar-refractivity contribution in [3.8, 4) is 5.75 Å². The first-order chi connectivity index (χ1) is 12.2. The molecule has 0 spiro atoms. The average Bonchev–Trinajstić information content (AvgIpc) is 2.67. The van der Waals surface area contributed by atoms with Gasteiger partial charge >= 0.3 is 0 Å². The summed E-state index contributed by atoms with van der Waals surface area (Å²) in [5, 5.41) is 0. The molecule has 0 radical (unpaired) electrons. The van der Waals surface area contributed by atoms with Crippen molar-refractivity contribution in [2.75, 3.05) is 65.4 Å². The Morgan fingerprint density at radius 2 is 2.00 bits per heavy atom. The highest BCUT2D eigenvalue weighted by atomic mass is 16.5. The summed E-state index contributed by atoms with van der Waals surface area (Å²) in [5.41, 5.74) is 1.28. The Labute approximate surface area is 152 Å². The van der Waals surface area contributed by atoms with Gasteiger partial charge in [-0.25, -0.2) is 0 Å². The highest BCUT2D eigenvalue weighted by Gasteiger charge is 2.29. The van der Waals surface area contributed by atoms with E-state index < -0.39 is 0 Å². The maximum atomic E-state index is 5.97. The van der Waals surface area contributed by atoms with Gasteiger partial charge in [0.2, 0.25) is 0 Å². The second-order valence-electron chi connectivity index (χ2n) is 7.50. The van der Waals surface area contributed by atoms with Gasteiger partial charge in [0.05, 0.1) is 19.8 Å². The Bertz CT molecular complexity index is 529. The fourth-order valence-corrected chi connectivity index (χ4v) is 3.95. The number of anilines is 1. The van der Waals surface area contributed by atoms with Crippen molar-refractivity contribution in [3.63, 3.8) is 0 Å². The molecule has 5 heteroatoms. The number of hydrogen-bond donors (Lipinski definition) is 0. The molecule has 0 bridgehead atoms. The lowest BCUT2D eigenvalue weighted by Crippen LogP contribution is -2.52. The Kier molecular flexibility index (Phi) is 6.57. The third kappa shape index (κ3) is 5.09. The van der Waals surface area contributed by atoms with Crippen LogP contribution < -0.4 is 9.64 Å². The van der Waals surface area contributed by atoms with Crippen molar-refractivity contribution < 1.29 is 9.47 Å². The fraction of sp³-hybridized carbons (Fsp3) is 0.700. The monoisotopic (exact) mass is 347 g/mol. The van der Waals surface area contributed by atoms with E-state index in [1.54, 1.807) is 7.11 Å². The van der Waals surface area contributed by atoms with Gasteiger partial charge in [-0.15, -0.1) is 0 Å². The van der Waals surface area contributed by atoms with Crippen molar-refractivity contribution >= 4 is 5.69 Å². The molecule has 2 aliphatic heterocycles. The van der Waals surface area contributed by atoms with Gasteiger partial charge in [0.15, 0.2) is 0 Å². The summed E-state index contributed by atoms with van der Waals surface area (Å²) in [4.78, 5) is 7.41. The summed E-state index contributed by atoms with van der Waals surface area (Å²) >= 11 is 0. The molecule has 2 saturated heterocycles. The molecule has 2 heterocycles. The standard InChI is InChI=1S/C20H33N3O2/c1-21(2)10-9-20-16-23(13-14-25-20)17-7-11-22(12-8-17)18-5-4-6-19(15-18)24-3/h4-6,15,17,20H,7-14,16H2,1-3H3. The smallest absolute Gasteiger partial charge is 0.120 e. The van der Waals surface area contributed by atoms with E-state index in [0.29, 0.717) is 12.1 Å². The molecule has 1 atom stereocenters. The van der Waals surface area contributed by atoms with E-state index >= 15 is 0 Å². The first-order valence-electron chi connectivity index (χ1n) is 9.55. The average molecular weight is 348 g/mol. The summed E-state index contributed by atoms with van der Waals surface area (Å²) in [7, 11) is 6.00. The van der Waals surface area contributed by atoms with Crippen LogP contribution in [0.3, 0.4) is 0 Å². The van der Waals surface area contributed by atoms with Crippen LogP contribution in [0.25, 0.3) is 0 Å². The third-order valence-electron chi connectivity index (χ3n) is 5.47. The first-order valence-corrected chi connectivity index (χ1v) is 9.55. The van der Waals surface area contributed by atoms with Gasteiger partial charge in [0.25, 0.3) is 0 Å². The van der Waals surface area contributed by atoms with Crippen molar-refractivity contribution in [2.45, 2.75) is 31.4 Å². The van der Waals surface area contributed by atoms with Crippen LogP contribution in [0.4, 0.5) is 5.69 Å². The maximum absolute atomic E-state index is 5.97. The van der Waals surface area contributed by atoms with Crippen molar-refractivity contribution in [1.29, 1.82) is 0 Å². The number of hydrogen-bond acceptors (Lipinski definition) is 5. The minimum atomic E-state index is 0.396. The van der Waals surface area contributed by atoms with Crippen LogP contribution in [0.5, 0.6) is 5.75 Å². The van der Waals surface area contributed by atoms with Crippen LogP contribution in [0.2, 0.25) is 0 Å². The summed E-state index contributed by atoms with van der Waals surface area (Å²) in [6, 6.07) is 9.13. The van der Waals surface area contributed by atoms with E-state index in [4.69, 9.17) is 9.47 Å². The van der Waals surface area contributed by atoms with Gasteiger partial charge in [0, 0.05) is 50.5 Å². The molecule has 1 aromatic carbocycles. The second kappa shape index (κ2) is 8.88. The number of piperidine rings is 1. The fourth-order valence-electron chi connectivity index (χ4n) is 3.95. The topological polar surface area (TPSA) is 28.2 Å². The highest BCUT2D eigenvalue weighted by molar-refractivity contribution is 5.51. The van der Waals surface area contributed by atoms with Gasteiger partial charge in [-0.2, -0.15) is 0 Å². The quantitative estimate of drug-likeness (QED) is 0.787. The van der Waals surface area contributed by atoms with E-state index in [0.717, 1.165) is 51.5 Å². The molecule has 0 amide bonds. The van der Waals surface area contributed by atoms with Gasteiger partial charge in [-0.1, -0.05) is 6.07 Å².